The zero-order valence-corrected chi connectivity index (χ0v) is 9.73. The topological polar surface area (TPSA) is 40.5 Å². The molecule has 1 aliphatic carbocycles. The lowest BCUT2D eigenvalue weighted by atomic mass is 10.0. The first-order chi connectivity index (χ1) is 7.58. The quantitative estimate of drug-likeness (QED) is 0.845. The van der Waals surface area contributed by atoms with Gasteiger partial charge < -0.3 is 5.11 Å². The van der Waals surface area contributed by atoms with Crippen LogP contribution in [0.4, 0.5) is 0 Å². The molecule has 1 aromatic carbocycles. The van der Waals surface area contributed by atoms with E-state index in [0.29, 0.717) is 0 Å². The number of hydrogen-bond acceptors (Lipinski definition) is 2. The van der Waals surface area contributed by atoms with Crippen LogP contribution >= 0.6 is 0 Å². The summed E-state index contributed by atoms with van der Waals surface area (Å²) in [5.41, 5.74) is 3.92. The number of benzene rings is 1. The van der Waals surface area contributed by atoms with Crippen LogP contribution < -0.4 is 0 Å². The summed E-state index contributed by atoms with van der Waals surface area (Å²) in [6, 6.07) is 6.74. The van der Waals surface area contributed by atoms with Crippen LogP contribution in [0.3, 0.4) is 0 Å². The van der Waals surface area contributed by atoms with Crippen LogP contribution in [-0.4, -0.2) is 29.6 Å². The van der Waals surface area contributed by atoms with Crippen LogP contribution in [0.5, 0.6) is 0 Å². The fourth-order valence-electron chi connectivity index (χ4n) is 2.48. The average molecular weight is 219 g/mol. The lowest BCUT2D eigenvalue weighted by Crippen LogP contribution is -2.28. The summed E-state index contributed by atoms with van der Waals surface area (Å²) in [7, 11) is 1.89. The van der Waals surface area contributed by atoms with Crippen molar-refractivity contribution in [2.75, 3.05) is 13.6 Å². The number of aryl methyl sites for hydroxylation is 2. The Hall–Kier alpha value is -1.35. The van der Waals surface area contributed by atoms with Crippen molar-refractivity contribution >= 4 is 5.97 Å². The molecule has 16 heavy (non-hydrogen) atoms. The van der Waals surface area contributed by atoms with E-state index in [9.17, 15) is 4.79 Å². The van der Waals surface area contributed by atoms with Gasteiger partial charge in [0.05, 0.1) is 6.54 Å². The van der Waals surface area contributed by atoms with Crippen molar-refractivity contribution < 1.29 is 9.90 Å². The minimum Gasteiger partial charge on any atom is -0.480 e. The molecule has 1 N–H and O–H groups in total. The summed E-state index contributed by atoms with van der Waals surface area (Å²) in [4.78, 5) is 12.6. The van der Waals surface area contributed by atoms with Gasteiger partial charge in [-0.1, -0.05) is 23.8 Å². The highest BCUT2D eigenvalue weighted by Gasteiger charge is 2.26. The number of aliphatic carboxylic acids is 1. The third-order valence-corrected chi connectivity index (χ3v) is 3.26. The second kappa shape index (κ2) is 4.26. The molecule has 1 atom stereocenters. The lowest BCUT2D eigenvalue weighted by molar-refractivity contribution is -0.138. The van der Waals surface area contributed by atoms with Crippen LogP contribution in [0.1, 0.15) is 29.2 Å². The predicted molar refractivity (Wildman–Crippen MR) is 62.5 cm³/mol. The molecule has 0 aliphatic heterocycles. The molecular formula is C13H17NO2. The molecule has 0 spiro atoms. The molecule has 0 amide bonds. The van der Waals surface area contributed by atoms with E-state index in [2.05, 4.69) is 25.1 Å². The second-order valence-corrected chi connectivity index (χ2v) is 4.57. The SMILES string of the molecule is Cc1ccc2c(c1)C(N(C)CC(=O)O)CC2. The summed E-state index contributed by atoms with van der Waals surface area (Å²) in [6.45, 7) is 2.19. The fraction of sp³-hybridized carbons (Fsp3) is 0.462. The van der Waals surface area contributed by atoms with Gasteiger partial charge in [-0.15, -0.1) is 0 Å². The van der Waals surface area contributed by atoms with Gasteiger partial charge in [0.1, 0.15) is 0 Å². The predicted octanol–water partition coefficient (Wildman–Crippen LogP) is 2.00. The Morgan fingerprint density at radius 3 is 3.00 bits per heavy atom. The molecule has 3 nitrogen and oxygen atoms in total. The van der Waals surface area contributed by atoms with Crippen molar-refractivity contribution in [2.45, 2.75) is 25.8 Å². The first-order valence-electron chi connectivity index (χ1n) is 5.59. The smallest absolute Gasteiger partial charge is 0.317 e. The van der Waals surface area contributed by atoms with Crippen LogP contribution in [-0.2, 0) is 11.2 Å². The molecule has 1 unspecified atom stereocenters. The van der Waals surface area contributed by atoms with Crippen LogP contribution in [0.15, 0.2) is 18.2 Å². The van der Waals surface area contributed by atoms with Crippen LogP contribution in [0, 0.1) is 6.92 Å². The summed E-state index contributed by atoms with van der Waals surface area (Å²) >= 11 is 0. The average Bonchev–Trinajstić information content (AvgIpc) is 2.59. The largest absolute Gasteiger partial charge is 0.480 e. The molecule has 0 saturated carbocycles. The molecule has 3 heteroatoms. The molecule has 0 heterocycles. The van der Waals surface area contributed by atoms with Gasteiger partial charge in [0.15, 0.2) is 0 Å². The zero-order valence-electron chi connectivity index (χ0n) is 9.73. The maximum absolute atomic E-state index is 10.7. The van der Waals surface area contributed by atoms with Crippen molar-refractivity contribution in [3.63, 3.8) is 0 Å². The molecule has 0 bridgehead atoms. The third kappa shape index (κ3) is 2.09. The number of carboxylic acids is 1. The van der Waals surface area contributed by atoms with Crippen molar-refractivity contribution in [1.82, 2.24) is 4.90 Å². The van der Waals surface area contributed by atoms with Gasteiger partial charge in [-0.25, -0.2) is 0 Å². The Kier molecular flexibility index (Phi) is 2.97. The minimum absolute atomic E-state index is 0.109. The van der Waals surface area contributed by atoms with Crippen LogP contribution in [0.2, 0.25) is 0 Å². The van der Waals surface area contributed by atoms with Gasteiger partial charge in [-0.2, -0.15) is 0 Å². The van der Waals surface area contributed by atoms with E-state index < -0.39 is 5.97 Å². The maximum Gasteiger partial charge on any atom is 0.317 e. The minimum atomic E-state index is -0.761. The van der Waals surface area contributed by atoms with E-state index in [-0.39, 0.29) is 12.6 Å². The Morgan fingerprint density at radius 2 is 2.31 bits per heavy atom. The normalized spacial score (nSPS) is 18.8. The van der Waals surface area contributed by atoms with Gasteiger partial charge in [-0.3, -0.25) is 9.69 Å². The van der Waals surface area contributed by atoms with E-state index >= 15 is 0 Å². The Balaban J connectivity index is 2.22. The Labute approximate surface area is 95.7 Å². The zero-order chi connectivity index (χ0) is 11.7. The Morgan fingerprint density at radius 1 is 1.56 bits per heavy atom. The van der Waals surface area contributed by atoms with Gasteiger partial charge in [-0.05, 0) is 37.9 Å². The van der Waals surface area contributed by atoms with Crippen molar-refractivity contribution in [3.05, 3.63) is 34.9 Å². The summed E-state index contributed by atoms with van der Waals surface area (Å²) in [5, 5.41) is 8.81. The van der Waals surface area contributed by atoms with Crippen molar-refractivity contribution in [1.29, 1.82) is 0 Å². The van der Waals surface area contributed by atoms with E-state index in [4.69, 9.17) is 5.11 Å². The molecule has 0 fully saturated rings. The fourth-order valence-corrected chi connectivity index (χ4v) is 2.48. The molecule has 1 aromatic rings. The highest BCUT2D eigenvalue weighted by Crippen LogP contribution is 2.35. The van der Waals surface area contributed by atoms with E-state index in [0.717, 1.165) is 12.8 Å². The van der Waals surface area contributed by atoms with E-state index in [1.54, 1.807) is 0 Å². The van der Waals surface area contributed by atoms with Crippen LogP contribution in [0.25, 0.3) is 0 Å². The van der Waals surface area contributed by atoms with E-state index in [1.807, 2.05) is 11.9 Å². The number of fused-ring (bicyclic) bond motifs is 1. The molecule has 0 radical (unpaired) electrons. The number of carbonyl (C=O) groups is 1. The molecular weight excluding hydrogens is 202 g/mol. The first-order valence-corrected chi connectivity index (χ1v) is 5.59. The Bertz CT molecular complexity index is 414. The number of carboxylic acid groups (broad SMARTS) is 1. The van der Waals surface area contributed by atoms with Gasteiger partial charge in [0.25, 0.3) is 0 Å². The maximum atomic E-state index is 10.7. The summed E-state index contributed by atoms with van der Waals surface area (Å²) in [6.07, 6.45) is 2.09. The third-order valence-electron chi connectivity index (χ3n) is 3.26. The van der Waals surface area contributed by atoms with Gasteiger partial charge in [0.2, 0.25) is 0 Å². The molecule has 0 aromatic heterocycles. The molecule has 2 rings (SSSR count). The first kappa shape index (κ1) is 11.1. The number of hydrogen-bond donors (Lipinski definition) is 1. The van der Waals surface area contributed by atoms with Gasteiger partial charge in [0, 0.05) is 6.04 Å². The standard InChI is InChI=1S/C13H17NO2/c1-9-3-4-10-5-6-12(11(10)7-9)14(2)8-13(15)16/h3-4,7,12H,5-6,8H2,1-2H3,(H,15,16). The second-order valence-electron chi connectivity index (χ2n) is 4.57. The van der Waals surface area contributed by atoms with E-state index in [1.165, 1.54) is 16.7 Å². The highest BCUT2D eigenvalue weighted by molar-refractivity contribution is 5.69. The summed E-state index contributed by atoms with van der Waals surface area (Å²) < 4.78 is 0. The van der Waals surface area contributed by atoms with Crippen molar-refractivity contribution in [2.24, 2.45) is 0 Å². The molecule has 1 aliphatic rings. The number of rotatable bonds is 3. The highest BCUT2D eigenvalue weighted by atomic mass is 16.4. The number of likely N-dealkylation sites (N-methyl/N-ethyl adjacent to an activating group) is 1. The van der Waals surface area contributed by atoms with Crippen molar-refractivity contribution in [3.8, 4) is 0 Å². The summed E-state index contributed by atoms with van der Waals surface area (Å²) in [5.74, 6) is -0.761. The van der Waals surface area contributed by atoms with Gasteiger partial charge >= 0.3 is 5.97 Å². The molecule has 0 saturated heterocycles. The molecule has 86 valence electrons. The lowest BCUT2D eigenvalue weighted by Gasteiger charge is -2.23. The monoisotopic (exact) mass is 219 g/mol. The number of nitrogens with zero attached hydrogens (tertiary/aromatic N) is 1.